The quantitative estimate of drug-likeness (QED) is 0.483. The van der Waals surface area contributed by atoms with Crippen molar-refractivity contribution < 1.29 is 19.1 Å². The Kier molecular flexibility index (Phi) is 4.32. The summed E-state index contributed by atoms with van der Waals surface area (Å²) in [7, 11) is 0. The van der Waals surface area contributed by atoms with Gasteiger partial charge < -0.3 is 10.1 Å². The second kappa shape index (κ2) is 6.55. The molecule has 1 saturated heterocycles. The molecule has 138 valence electrons. The maximum atomic E-state index is 13.0. The summed E-state index contributed by atoms with van der Waals surface area (Å²) >= 11 is 11.8. The van der Waals surface area contributed by atoms with Gasteiger partial charge in [0.2, 0.25) is 0 Å². The number of amides is 3. The van der Waals surface area contributed by atoms with Crippen LogP contribution in [0.2, 0.25) is 10.0 Å². The lowest BCUT2D eigenvalue weighted by atomic mass is 9.92. The summed E-state index contributed by atoms with van der Waals surface area (Å²) in [5.74, 6) is -1.11. The number of fused-ring (bicyclic) bond motifs is 2. The van der Waals surface area contributed by atoms with Gasteiger partial charge in [-0.05, 0) is 42.2 Å². The summed E-state index contributed by atoms with van der Waals surface area (Å²) in [6.45, 7) is -0.506. The Hall–Kier alpha value is -2.57. The average Bonchev–Trinajstić information content (AvgIpc) is 3.11. The van der Waals surface area contributed by atoms with Gasteiger partial charge in [0.15, 0.2) is 0 Å². The molecule has 1 atom stereocenters. The van der Waals surface area contributed by atoms with E-state index >= 15 is 0 Å². The smallest absolute Gasteiger partial charge is 0.331 e. The molecule has 2 aliphatic rings. The van der Waals surface area contributed by atoms with Gasteiger partial charge in [-0.3, -0.25) is 9.69 Å². The molecular formula is C19H14Cl2N2O4. The van der Waals surface area contributed by atoms with Crippen molar-refractivity contribution in [3.63, 3.8) is 0 Å². The zero-order valence-electron chi connectivity index (χ0n) is 14.0. The van der Waals surface area contributed by atoms with E-state index in [2.05, 4.69) is 5.32 Å². The number of ether oxygens (including phenoxy) is 1. The number of urea groups is 1. The molecule has 6 nitrogen and oxygen atoms in total. The molecule has 1 aliphatic carbocycles. The number of nitrogens with one attached hydrogen (secondary N) is 1. The zero-order valence-corrected chi connectivity index (χ0v) is 15.5. The fraction of sp³-hybridized carbons (Fsp3) is 0.211. The summed E-state index contributed by atoms with van der Waals surface area (Å²) in [6.07, 6.45) is 1.15. The van der Waals surface area contributed by atoms with Gasteiger partial charge in [-0.25, -0.2) is 9.59 Å². The largest absolute Gasteiger partial charge is 0.424 e. The van der Waals surface area contributed by atoms with Gasteiger partial charge in [0.1, 0.15) is 17.8 Å². The molecule has 1 fully saturated rings. The number of nitrogens with zero attached hydrogens (tertiary/aromatic N) is 1. The fourth-order valence-corrected chi connectivity index (χ4v) is 4.02. The maximum Gasteiger partial charge on any atom is 0.331 e. The number of carbonyl (C=O) groups is 3. The predicted octanol–water partition coefficient (Wildman–Crippen LogP) is 3.29. The Morgan fingerprint density at radius 3 is 2.74 bits per heavy atom. The summed E-state index contributed by atoms with van der Waals surface area (Å²) in [6, 6.07) is 11.3. The number of halogens is 2. The van der Waals surface area contributed by atoms with Crippen LogP contribution in [-0.2, 0) is 21.5 Å². The third-order valence-electron chi connectivity index (χ3n) is 4.83. The van der Waals surface area contributed by atoms with Crippen LogP contribution < -0.4 is 10.1 Å². The van der Waals surface area contributed by atoms with Gasteiger partial charge in [0.25, 0.3) is 5.91 Å². The standard InChI is InChI=1S/C19H14Cl2N2O4/c20-12-5-6-15(14(21)9-12)27-16(24)10-23-17(25)19(22-18(23)26)8-7-11-3-1-2-4-13(11)19/h1-6,9H,7-8,10H2,(H,22,26). The molecule has 8 heteroatoms. The number of imide groups is 1. The number of carbonyl (C=O) groups excluding carboxylic acids is 3. The number of rotatable bonds is 3. The minimum atomic E-state index is -1.11. The second-order valence-corrected chi connectivity index (χ2v) is 7.28. The van der Waals surface area contributed by atoms with Crippen LogP contribution in [0.15, 0.2) is 42.5 Å². The monoisotopic (exact) mass is 404 g/mol. The van der Waals surface area contributed by atoms with Crippen molar-refractivity contribution in [1.29, 1.82) is 0 Å². The van der Waals surface area contributed by atoms with Gasteiger partial charge in [0, 0.05) is 5.02 Å². The van der Waals surface area contributed by atoms with Gasteiger partial charge in [-0.1, -0.05) is 47.5 Å². The van der Waals surface area contributed by atoms with Crippen LogP contribution in [-0.4, -0.2) is 29.4 Å². The third kappa shape index (κ3) is 2.95. The van der Waals surface area contributed by atoms with E-state index in [0.29, 0.717) is 17.9 Å². The van der Waals surface area contributed by atoms with Crippen LogP contribution in [0.3, 0.4) is 0 Å². The minimum absolute atomic E-state index is 0.110. The van der Waals surface area contributed by atoms with Crippen molar-refractivity contribution in [2.45, 2.75) is 18.4 Å². The highest BCUT2D eigenvalue weighted by Gasteiger charge is 2.55. The van der Waals surface area contributed by atoms with Crippen molar-refractivity contribution in [2.75, 3.05) is 6.54 Å². The molecule has 0 aromatic heterocycles. The first-order valence-corrected chi connectivity index (χ1v) is 9.04. The Labute approximate surface area is 165 Å². The first kappa shape index (κ1) is 17.8. The van der Waals surface area contributed by atoms with Crippen LogP contribution >= 0.6 is 23.2 Å². The lowest BCUT2D eigenvalue weighted by molar-refractivity contribution is -0.141. The lowest BCUT2D eigenvalue weighted by Gasteiger charge is -2.22. The second-order valence-electron chi connectivity index (χ2n) is 6.43. The molecule has 1 unspecified atom stereocenters. The summed E-state index contributed by atoms with van der Waals surface area (Å²) in [5, 5.41) is 3.32. The molecule has 4 rings (SSSR count). The number of aryl methyl sites for hydroxylation is 1. The zero-order chi connectivity index (χ0) is 19.2. The molecule has 1 spiro atoms. The Bertz CT molecular complexity index is 978. The van der Waals surface area contributed by atoms with Crippen LogP contribution in [0.5, 0.6) is 5.75 Å². The molecule has 1 N–H and O–H groups in total. The van der Waals surface area contributed by atoms with Crippen LogP contribution in [0.1, 0.15) is 17.5 Å². The molecule has 2 aromatic carbocycles. The third-order valence-corrected chi connectivity index (χ3v) is 5.36. The molecule has 1 aliphatic heterocycles. The Morgan fingerprint density at radius 2 is 1.96 bits per heavy atom. The van der Waals surface area contributed by atoms with Gasteiger partial charge in [0.05, 0.1) is 5.02 Å². The lowest BCUT2D eigenvalue weighted by Crippen LogP contribution is -2.42. The van der Waals surface area contributed by atoms with Crippen molar-refractivity contribution in [2.24, 2.45) is 0 Å². The summed E-state index contributed by atoms with van der Waals surface area (Å²) in [5.41, 5.74) is 0.690. The molecule has 0 bridgehead atoms. The van der Waals surface area contributed by atoms with Crippen molar-refractivity contribution in [3.05, 3.63) is 63.6 Å². The summed E-state index contributed by atoms with van der Waals surface area (Å²) < 4.78 is 5.18. The minimum Gasteiger partial charge on any atom is -0.424 e. The molecular weight excluding hydrogens is 391 g/mol. The highest BCUT2D eigenvalue weighted by molar-refractivity contribution is 6.35. The van der Waals surface area contributed by atoms with Crippen LogP contribution in [0, 0.1) is 0 Å². The molecule has 0 radical (unpaired) electrons. The molecule has 2 aromatic rings. The molecule has 3 amide bonds. The normalized spacial score (nSPS) is 20.7. The Morgan fingerprint density at radius 1 is 1.19 bits per heavy atom. The van der Waals surface area contributed by atoms with E-state index in [-0.39, 0.29) is 10.8 Å². The van der Waals surface area contributed by atoms with E-state index in [9.17, 15) is 14.4 Å². The topological polar surface area (TPSA) is 75.7 Å². The van der Waals surface area contributed by atoms with Gasteiger partial charge in [-0.2, -0.15) is 0 Å². The van der Waals surface area contributed by atoms with E-state index in [0.717, 1.165) is 16.0 Å². The average molecular weight is 405 g/mol. The van der Waals surface area contributed by atoms with Crippen molar-refractivity contribution >= 4 is 41.1 Å². The first-order valence-electron chi connectivity index (χ1n) is 8.29. The molecule has 27 heavy (non-hydrogen) atoms. The fourth-order valence-electron chi connectivity index (χ4n) is 3.58. The van der Waals surface area contributed by atoms with Crippen molar-refractivity contribution in [3.8, 4) is 5.75 Å². The number of benzene rings is 2. The molecule has 0 saturated carbocycles. The SMILES string of the molecule is O=C(CN1C(=O)NC2(CCc3ccccc32)C1=O)Oc1ccc(Cl)cc1Cl. The van der Waals surface area contributed by atoms with Crippen LogP contribution in [0.25, 0.3) is 0 Å². The first-order chi connectivity index (χ1) is 12.9. The van der Waals surface area contributed by atoms with E-state index in [1.165, 1.54) is 18.2 Å². The van der Waals surface area contributed by atoms with Gasteiger partial charge >= 0.3 is 12.0 Å². The highest BCUT2D eigenvalue weighted by Crippen LogP contribution is 2.41. The predicted molar refractivity (Wildman–Crippen MR) is 98.8 cm³/mol. The molecule has 1 heterocycles. The van der Waals surface area contributed by atoms with E-state index in [1.807, 2.05) is 24.3 Å². The van der Waals surface area contributed by atoms with E-state index < -0.39 is 30.0 Å². The van der Waals surface area contributed by atoms with E-state index in [4.69, 9.17) is 27.9 Å². The van der Waals surface area contributed by atoms with Crippen LogP contribution in [0.4, 0.5) is 4.79 Å². The van der Waals surface area contributed by atoms with Crippen molar-refractivity contribution in [1.82, 2.24) is 10.2 Å². The maximum absolute atomic E-state index is 13.0. The van der Waals surface area contributed by atoms with Gasteiger partial charge in [-0.15, -0.1) is 0 Å². The summed E-state index contributed by atoms with van der Waals surface area (Å²) in [4.78, 5) is 38.5. The highest BCUT2D eigenvalue weighted by atomic mass is 35.5. The number of hydrogen-bond donors (Lipinski definition) is 1. The Balaban J connectivity index is 1.53. The van der Waals surface area contributed by atoms with E-state index in [1.54, 1.807) is 0 Å². The number of hydrogen-bond acceptors (Lipinski definition) is 4. The number of esters is 1.